The van der Waals surface area contributed by atoms with E-state index in [1.54, 1.807) is 18.2 Å². The molecular weight excluding hydrogens is 355 g/mol. The molecule has 1 amide bonds. The smallest absolute Gasteiger partial charge is 0.255 e. The number of nitrogens with zero attached hydrogens (tertiary/aromatic N) is 1. The van der Waals surface area contributed by atoms with Gasteiger partial charge in [0.2, 0.25) is 0 Å². The van der Waals surface area contributed by atoms with E-state index in [1.165, 1.54) is 6.39 Å². The lowest BCUT2D eigenvalue weighted by atomic mass is 10.2. The molecule has 5 heteroatoms. The molecule has 0 saturated heterocycles. The average Bonchev–Trinajstić information content (AvgIpc) is 2.88. The van der Waals surface area contributed by atoms with Crippen LogP contribution in [-0.2, 0) is 0 Å². The Labute approximate surface area is 123 Å². The molecule has 94 valence electrons. The van der Waals surface area contributed by atoms with E-state index in [1.807, 2.05) is 24.3 Å². The minimum atomic E-state index is -0.161. The predicted molar refractivity (Wildman–Crippen MR) is 81.1 cm³/mol. The summed E-state index contributed by atoms with van der Waals surface area (Å²) in [5.41, 5.74) is 2.67. The standard InChI is InChI=1S/C14H9IN2O2/c15-10-2-4-11(5-3-10)17-14(18)9-1-6-13-12(7-9)16-8-19-13/h1-8H,(H,17,18). The summed E-state index contributed by atoms with van der Waals surface area (Å²) >= 11 is 2.22. The van der Waals surface area contributed by atoms with Crippen molar-refractivity contribution in [3.05, 3.63) is 58.0 Å². The molecular formula is C14H9IN2O2. The number of aromatic nitrogens is 1. The highest BCUT2D eigenvalue weighted by atomic mass is 127. The maximum Gasteiger partial charge on any atom is 0.255 e. The number of carbonyl (C=O) groups excluding carboxylic acids is 1. The van der Waals surface area contributed by atoms with Crippen LogP contribution in [0.1, 0.15) is 10.4 Å². The van der Waals surface area contributed by atoms with Crippen molar-refractivity contribution >= 4 is 45.3 Å². The van der Waals surface area contributed by atoms with Gasteiger partial charge in [-0.1, -0.05) is 0 Å². The minimum absolute atomic E-state index is 0.161. The maximum absolute atomic E-state index is 12.1. The van der Waals surface area contributed by atoms with Crippen LogP contribution in [0, 0.1) is 3.57 Å². The van der Waals surface area contributed by atoms with Crippen molar-refractivity contribution in [3.8, 4) is 0 Å². The van der Waals surface area contributed by atoms with Gasteiger partial charge in [0, 0.05) is 14.8 Å². The van der Waals surface area contributed by atoms with E-state index in [2.05, 4.69) is 32.9 Å². The predicted octanol–water partition coefficient (Wildman–Crippen LogP) is 3.68. The summed E-state index contributed by atoms with van der Waals surface area (Å²) in [6.45, 7) is 0. The van der Waals surface area contributed by atoms with Crippen molar-refractivity contribution in [1.82, 2.24) is 4.98 Å². The van der Waals surface area contributed by atoms with Gasteiger partial charge < -0.3 is 9.73 Å². The molecule has 0 unspecified atom stereocenters. The zero-order valence-corrected chi connectivity index (χ0v) is 11.9. The number of nitrogens with one attached hydrogen (secondary N) is 1. The molecule has 1 N–H and O–H groups in total. The molecule has 0 aliphatic heterocycles. The van der Waals surface area contributed by atoms with Crippen LogP contribution in [0.3, 0.4) is 0 Å². The van der Waals surface area contributed by atoms with E-state index >= 15 is 0 Å². The summed E-state index contributed by atoms with van der Waals surface area (Å²) in [4.78, 5) is 16.1. The Morgan fingerprint density at radius 3 is 2.74 bits per heavy atom. The lowest BCUT2D eigenvalue weighted by Crippen LogP contribution is -2.11. The number of hydrogen-bond donors (Lipinski definition) is 1. The Hall–Kier alpha value is -1.89. The first-order chi connectivity index (χ1) is 9.22. The summed E-state index contributed by atoms with van der Waals surface area (Å²) in [5.74, 6) is -0.161. The van der Waals surface area contributed by atoms with Crippen LogP contribution in [0.5, 0.6) is 0 Å². The molecule has 0 aliphatic carbocycles. The molecule has 0 spiro atoms. The number of carbonyl (C=O) groups is 1. The SMILES string of the molecule is O=C(Nc1ccc(I)cc1)c1ccc2ocnc2c1. The lowest BCUT2D eigenvalue weighted by molar-refractivity contribution is 0.102. The van der Waals surface area contributed by atoms with Gasteiger partial charge in [-0.15, -0.1) is 0 Å². The van der Waals surface area contributed by atoms with Gasteiger partial charge in [-0.05, 0) is 65.1 Å². The van der Waals surface area contributed by atoms with Gasteiger partial charge in [0.05, 0.1) is 0 Å². The summed E-state index contributed by atoms with van der Waals surface area (Å²) in [6.07, 6.45) is 1.37. The van der Waals surface area contributed by atoms with Gasteiger partial charge in [0.1, 0.15) is 5.52 Å². The van der Waals surface area contributed by atoms with E-state index in [0.717, 1.165) is 9.26 Å². The number of amides is 1. The first kappa shape index (κ1) is 12.2. The van der Waals surface area contributed by atoms with Crippen molar-refractivity contribution in [3.63, 3.8) is 0 Å². The largest absolute Gasteiger partial charge is 0.443 e. The second-order valence-corrected chi connectivity index (χ2v) is 5.24. The van der Waals surface area contributed by atoms with Crippen molar-refractivity contribution in [2.75, 3.05) is 5.32 Å². The third-order valence-corrected chi connectivity index (χ3v) is 3.41. The zero-order valence-electron chi connectivity index (χ0n) is 9.76. The molecule has 4 nitrogen and oxygen atoms in total. The topological polar surface area (TPSA) is 55.1 Å². The first-order valence-electron chi connectivity index (χ1n) is 5.62. The van der Waals surface area contributed by atoms with E-state index < -0.39 is 0 Å². The van der Waals surface area contributed by atoms with E-state index in [9.17, 15) is 4.79 Å². The minimum Gasteiger partial charge on any atom is -0.443 e. The highest BCUT2D eigenvalue weighted by Gasteiger charge is 2.08. The molecule has 0 bridgehead atoms. The number of anilines is 1. The molecule has 1 aromatic heterocycles. The molecule has 3 aromatic rings. The number of halogens is 1. The van der Waals surface area contributed by atoms with Crippen LogP contribution in [0.15, 0.2) is 53.3 Å². The van der Waals surface area contributed by atoms with Gasteiger partial charge in [-0.2, -0.15) is 0 Å². The van der Waals surface area contributed by atoms with Crippen LogP contribution < -0.4 is 5.32 Å². The molecule has 0 fully saturated rings. The summed E-state index contributed by atoms with van der Waals surface area (Å²) in [5, 5.41) is 2.84. The number of benzene rings is 2. The number of fused-ring (bicyclic) bond motifs is 1. The highest BCUT2D eigenvalue weighted by molar-refractivity contribution is 14.1. The normalized spacial score (nSPS) is 10.6. The average molecular weight is 364 g/mol. The van der Waals surface area contributed by atoms with Gasteiger partial charge in [-0.3, -0.25) is 4.79 Å². The van der Waals surface area contributed by atoms with Crippen molar-refractivity contribution in [2.24, 2.45) is 0 Å². The molecule has 3 rings (SSSR count). The van der Waals surface area contributed by atoms with Gasteiger partial charge in [-0.25, -0.2) is 4.98 Å². The fourth-order valence-corrected chi connectivity index (χ4v) is 2.10. The van der Waals surface area contributed by atoms with Crippen molar-refractivity contribution in [1.29, 1.82) is 0 Å². The van der Waals surface area contributed by atoms with Gasteiger partial charge >= 0.3 is 0 Å². The van der Waals surface area contributed by atoms with Crippen LogP contribution in [0.2, 0.25) is 0 Å². The van der Waals surface area contributed by atoms with Crippen molar-refractivity contribution < 1.29 is 9.21 Å². The van der Waals surface area contributed by atoms with Gasteiger partial charge in [0.15, 0.2) is 12.0 Å². The Bertz CT molecular complexity index is 735. The van der Waals surface area contributed by atoms with Crippen LogP contribution in [-0.4, -0.2) is 10.9 Å². The molecule has 0 aliphatic rings. The van der Waals surface area contributed by atoms with E-state index in [0.29, 0.717) is 16.7 Å². The Morgan fingerprint density at radius 1 is 1.16 bits per heavy atom. The Kier molecular flexibility index (Phi) is 3.20. The Balaban J connectivity index is 1.84. The molecule has 0 radical (unpaired) electrons. The van der Waals surface area contributed by atoms with Crippen LogP contribution in [0.4, 0.5) is 5.69 Å². The van der Waals surface area contributed by atoms with Crippen molar-refractivity contribution in [2.45, 2.75) is 0 Å². The zero-order chi connectivity index (χ0) is 13.2. The molecule has 19 heavy (non-hydrogen) atoms. The fourth-order valence-electron chi connectivity index (χ4n) is 1.74. The lowest BCUT2D eigenvalue weighted by Gasteiger charge is -2.05. The quantitative estimate of drug-likeness (QED) is 0.706. The fraction of sp³-hybridized carbons (Fsp3) is 0. The summed E-state index contributed by atoms with van der Waals surface area (Å²) in [7, 11) is 0. The molecule has 1 heterocycles. The first-order valence-corrected chi connectivity index (χ1v) is 6.70. The van der Waals surface area contributed by atoms with Gasteiger partial charge in [0.25, 0.3) is 5.91 Å². The maximum atomic E-state index is 12.1. The summed E-state index contributed by atoms with van der Waals surface area (Å²) < 4.78 is 6.27. The molecule has 0 atom stereocenters. The number of hydrogen-bond acceptors (Lipinski definition) is 3. The Morgan fingerprint density at radius 2 is 1.95 bits per heavy atom. The van der Waals surface area contributed by atoms with Crippen LogP contribution >= 0.6 is 22.6 Å². The summed E-state index contributed by atoms with van der Waals surface area (Å²) in [6, 6.07) is 12.8. The second-order valence-electron chi connectivity index (χ2n) is 4.00. The number of oxazole rings is 1. The third-order valence-electron chi connectivity index (χ3n) is 2.69. The van der Waals surface area contributed by atoms with E-state index in [-0.39, 0.29) is 5.91 Å². The highest BCUT2D eigenvalue weighted by Crippen LogP contribution is 2.16. The second kappa shape index (κ2) is 5.00. The molecule has 0 saturated carbocycles. The monoisotopic (exact) mass is 364 g/mol. The molecule has 2 aromatic carbocycles. The third kappa shape index (κ3) is 2.60. The van der Waals surface area contributed by atoms with E-state index in [4.69, 9.17) is 4.42 Å². The number of rotatable bonds is 2. The van der Waals surface area contributed by atoms with Crippen LogP contribution in [0.25, 0.3) is 11.1 Å².